The minimum Gasteiger partial charge on any atom is -0.493 e. The summed E-state index contributed by atoms with van der Waals surface area (Å²) in [6, 6.07) is 12.6. The van der Waals surface area contributed by atoms with Crippen molar-refractivity contribution in [3.05, 3.63) is 48.7 Å². The van der Waals surface area contributed by atoms with Gasteiger partial charge in [0.2, 0.25) is 11.9 Å². The highest BCUT2D eigenvalue weighted by Crippen LogP contribution is 2.30. The predicted octanol–water partition coefficient (Wildman–Crippen LogP) is 3.33. The van der Waals surface area contributed by atoms with Crippen LogP contribution in [0.15, 0.2) is 48.7 Å². The SMILES string of the molecule is COc1ccc(Nc2cnnc(Nc3cccc(NC(C)=O)c3)n2)cc1OC. The second-order valence-electron chi connectivity index (χ2n) is 5.75. The van der Waals surface area contributed by atoms with Gasteiger partial charge in [-0.3, -0.25) is 4.79 Å². The molecule has 3 aromatic rings. The Hall–Kier alpha value is -3.88. The fraction of sp³-hybridized carbons (Fsp3) is 0.158. The maximum absolute atomic E-state index is 11.2. The van der Waals surface area contributed by atoms with Crippen LogP contribution in [0.4, 0.5) is 28.8 Å². The normalized spacial score (nSPS) is 10.1. The first-order valence-corrected chi connectivity index (χ1v) is 8.41. The number of amides is 1. The van der Waals surface area contributed by atoms with Crippen molar-refractivity contribution >= 4 is 34.7 Å². The van der Waals surface area contributed by atoms with E-state index >= 15 is 0 Å². The fourth-order valence-corrected chi connectivity index (χ4v) is 2.49. The number of hydrogen-bond donors (Lipinski definition) is 3. The number of anilines is 5. The Morgan fingerprint density at radius 2 is 1.68 bits per heavy atom. The van der Waals surface area contributed by atoms with Gasteiger partial charge in [-0.1, -0.05) is 6.07 Å². The average Bonchev–Trinajstić information content (AvgIpc) is 2.68. The molecule has 1 aromatic heterocycles. The molecule has 1 heterocycles. The lowest BCUT2D eigenvalue weighted by Crippen LogP contribution is -2.06. The number of hydrogen-bond acceptors (Lipinski definition) is 8. The largest absolute Gasteiger partial charge is 0.493 e. The molecular formula is C19H20N6O3. The highest BCUT2D eigenvalue weighted by Gasteiger charge is 2.07. The molecule has 3 N–H and O–H groups in total. The van der Waals surface area contributed by atoms with Crippen molar-refractivity contribution in [3.63, 3.8) is 0 Å². The first-order chi connectivity index (χ1) is 13.6. The minimum absolute atomic E-state index is 0.142. The molecule has 1 amide bonds. The van der Waals surface area contributed by atoms with Gasteiger partial charge in [0.05, 0.1) is 20.4 Å². The van der Waals surface area contributed by atoms with Crippen LogP contribution in [0.25, 0.3) is 0 Å². The maximum Gasteiger partial charge on any atom is 0.249 e. The van der Waals surface area contributed by atoms with Gasteiger partial charge in [-0.2, -0.15) is 10.1 Å². The lowest BCUT2D eigenvalue weighted by Gasteiger charge is -2.11. The lowest BCUT2D eigenvalue weighted by atomic mass is 10.2. The van der Waals surface area contributed by atoms with Gasteiger partial charge in [0.1, 0.15) is 0 Å². The van der Waals surface area contributed by atoms with E-state index in [1.165, 1.54) is 13.1 Å². The molecule has 0 aliphatic carbocycles. The Morgan fingerprint density at radius 1 is 0.929 bits per heavy atom. The number of benzene rings is 2. The molecule has 0 aliphatic rings. The number of carbonyl (C=O) groups is 1. The third-order valence-electron chi connectivity index (χ3n) is 3.65. The smallest absolute Gasteiger partial charge is 0.249 e. The van der Waals surface area contributed by atoms with E-state index in [0.717, 1.165) is 11.4 Å². The fourth-order valence-electron chi connectivity index (χ4n) is 2.49. The Kier molecular flexibility index (Phi) is 5.85. The molecule has 0 aliphatic heterocycles. The van der Waals surface area contributed by atoms with Gasteiger partial charge in [0, 0.05) is 30.1 Å². The summed E-state index contributed by atoms with van der Waals surface area (Å²) in [6.07, 6.45) is 1.51. The number of nitrogens with one attached hydrogen (secondary N) is 3. The Bertz CT molecular complexity index is 979. The van der Waals surface area contributed by atoms with Crippen molar-refractivity contribution in [2.45, 2.75) is 6.92 Å². The molecule has 3 rings (SSSR count). The zero-order chi connectivity index (χ0) is 19.9. The molecule has 9 nitrogen and oxygen atoms in total. The summed E-state index contributed by atoms with van der Waals surface area (Å²) in [7, 11) is 3.16. The number of ether oxygens (including phenoxy) is 2. The second kappa shape index (κ2) is 8.67. The third-order valence-corrected chi connectivity index (χ3v) is 3.65. The number of rotatable bonds is 7. The Morgan fingerprint density at radius 3 is 2.43 bits per heavy atom. The summed E-state index contributed by atoms with van der Waals surface area (Å²) >= 11 is 0. The molecule has 0 bridgehead atoms. The van der Waals surface area contributed by atoms with E-state index in [1.807, 2.05) is 18.2 Å². The summed E-state index contributed by atoms with van der Waals surface area (Å²) in [5, 5.41) is 16.9. The first-order valence-electron chi connectivity index (χ1n) is 8.41. The molecule has 144 valence electrons. The van der Waals surface area contributed by atoms with Gasteiger partial charge in [0.25, 0.3) is 0 Å². The summed E-state index contributed by atoms with van der Waals surface area (Å²) < 4.78 is 10.5. The second-order valence-corrected chi connectivity index (χ2v) is 5.75. The molecular weight excluding hydrogens is 360 g/mol. The van der Waals surface area contributed by atoms with Crippen LogP contribution in [-0.4, -0.2) is 35.3 Å². The van der Waals surface area contributed by atoms with E-state index in [0.29, 0.717) is 29.0 Å². The standard InChI is InChI=1S/C19H20N6O3/c1-12(26)21-13-5-4-6-14(9-13)23-19-24-18(11-20-25-19)22-15-7-8-16(27-2)17(10-15)28-3/h4-11H,1-3H3,(H,21,26)(H2,22,23,24,25). The molecule has 2 aromatic carbocycles. The van der Waals surface area contributed by atoms with Crippen LogP contribution in [0, 0.1) is 0 Å². The zero-order valence-electron chi connectivity index (χ0n) is 15.7. The molecule has 9 heteroatoms. The van der Waals surface area contributed by atoms with Crippen molar-refractivity contribution in [3.8, 4) is 11.5 Å². The Balaban J connectivity index is 1.75. The van der Waals surface area contributed by atoms with Gasteiger partial charge in [-0.15, -0.1) is 5.10 Å². The van der Waals surface area contributed by atoms with E-state index in [1.54, 1.807) is 38.5 Å². The first kappa shape index (κ1) is 18.9. The number of carbonyl (C=O) groups excluding carboxylic acids is 1. The van der Waals surface area contributed by atoms with Crippen LogP contribution >= 0.6 is 0 Å². The van der Waals surface area contributed by atoms with Crippen LogP contribution in [0.5, 0.6) is 11.5 Å². The van der Waals surface area contributed by atoms with Crippen LogP contribution in [0.1, 0.15) is 6.92 Å². The number of aromatic nitrogens is 3. The van der Waals surface area contributed by atoms with Gasteiger partial charge in [0.15, 0.2) is 17.3 Å². The summed E-state index contributed by atoms with van der Waals surface area (Å²) in [4.78, 5) is 15.6. The monoisotopic (exact) mass is 380 g/mol. The lowest BCUT2D eigenvalue weighted by molar-refractivity contribution is -0.114. The number of nitrogens with zero attached hydrogens (tertiary/aromatic N) is 3. The average molecular weight is 380 g/mol. The molecule has 0 fully saturated rings. The molecule has 28 heavy (non-hydrogen) atoms. The van der Waals surface area contributed by atoms with Crippen LogP contribution < -0.4 is 25.4 Å². The Labute approximate surface area is 162 Å². The van der Waals surface area contributed by atoms with Crippen molar-refractivity contribution < 1.29 is 14.3 Å². The number of methoxy groups -OCH3 is 2. The molecule has 0 atom stereocenters. The zero-order valence-corrected chi connectivity index (χ0v) is 15.7. The molecule has 0 spiro atoms. The highest BCUT2D eigenvalue weighted by atomic mass is 16.5. The van der Waals surface area contributed by atoms with Crippen LogP contribution in [0.2, 0.25) is 0 Å². The third kappa shape index (κ3) is 4.85. The van der Waals surface area contributed by atoms with Gasteiger partial charge < -0.3 is 25.4 Å². The van der Waals surface area contributed by atoms with Gasteiger partial charge in [-0.25, -0.2) is 0 Å². The molecule has 0 unspecified atom stereocenters. The quantitative estimate of drug-likeness (QED) is 0.572. The van der Waals surface area contributed by atoms with Crippen molar-refractivity contribution in [1.82, 2.24) is 15.2 Å². The van der Waals surface area contributed by atoms with Gasteiger partial charge >= 0.3 is 0 Å². The summed E-state index contributed by atoms with van der Waals surface area (Å²) in [5.41, 5.74) is 2.15. The van der Waals surface area contributed by atoms with Crippen LogP contribution in [0.3, 0.4) is 0 Å². The molecule has 0 radical (unpaired) electrons. The molecule has 0 saturated heterocycles. The molecule has 0 saturated carbocycles. The van der Waals surface area contributed by atoms with Crippen molar-refractivity contribution in [2.24, 2.45) is 0 Å². The van der Waals surface area contributed by atoms with E-state index in [-0.39, 0.29) is 5.91 Å². The summed E-state index contributed by atoms with van der Waals surface area (Å²) in [6.45, 7) is 1.45. The highest BCUT2D eigenvalue weighted by molar-refractivity contribution is 5.89. The van der Waals surface area contributed by atoms with E-state index in [2.05, 4.69) is 31.1 Å². The summed E-state index contributed by atoms with van der Waals surface area (Å²) in [5.74, 6) is 1.90. The van der Waals surface area contributed by atoms with E-state index in [9.17, 15) is 4.79 Å². The van der Waals surface area contributed by atoms with E-state index in [4.69, 9.17) is 9.47 Å². The minimum atomic E-state index is -0.142. The topological polar surface area (TPSA) is 110 Å². The predicted molar refractivity (Wildman–Crippen MR) is 107 cm³/mol. The van der Waals surface area contributed by atoms with Gasteiger partial charge in [-0.05, 0) is 30.3 Å². The van der Waals surface area contributed by atoms with Crippen molar-refractivity contribution in [1.29, 1.82) is 0 Å². The van der Waals surface area contributed by atoms with E-state index < -0.39 is 0 Å². The van der Waals surface area contributed by atoms with Crippen molar-refractivity contribution in [2.75, 3.05) is 30.2 Å². The maximum atomic E-state index is 11.2. The van der Waals surface area contributed by atoms with Crippen LogP contribution in [-0.2, 0) is 4.79 Å².